The Balaban J connectivity index is 2.42. The lowest BCUT2D eigenvalue weighted by molar-refractivity contribution is -0.125. The molecule has 2 heteroatoms. The van der Waals surface area contributed by atoms with Crippen molar-refractivity contribution in [1.82, 2.24) is 4.90 Å². The minimum Gasteiger partial charge on any atom is -0.303 e. The normalized spacial score (nSPS) is 21.5. The third-order valence-electron chi connectivity index (χ3n) is 4.28. The number of carbonyl (C=O) groups excluding carboxylic acids is 1. The summed E-state index contributed by atoms with van der Waals surface area (Å²) in [6, 6.07) is 0. The van der Waals surface area contributed by atoms with Gasteiger partial charge in [0.15, 0.2) is 0 Å². The summed E-state index contributed by atoms with van der Waals surface area (Å²) in [7, 11) is 0. The SMILES string of the molecule is CCC(CC)CN(CC)CC1CCCCC1=O. The van der Waals surface area contributed by atoms with E-state index in [1.165, 1.54) is 25.8 Å². The molecule has 100 valence electrons. The first-order chi connectivity index (χ1) is 8.21. The molecule has 1 atom stereocenters. The van der Waals surface area contributed by atoms with E-state index >= 15 is 0 Å². The molecule has 1 fully saturated rings. The van der Waals surface area contributed by atoms with Crippen LogP contribution in [0.1, 0.15) is 59.3 Å². The minimum atomic E-state index is 0.332. The fraction of sp³-hybridized carbons (Fsp3) is 0.933. The molecule has 17 heavy (non-hydrogen) atoms. The number of hydrogen-bond donors (Lipinski definition) is 0. The van der Waals surface area contributed by atoms with Gasteiger partial charge >= 0.3 is 0 Å². The van der Waals surface area contributed by atoms with Gasteiger partial charge in [-0.25, -0.2) is 0 Å². The van der Waals surface area contributed by atoms with Gasteiger partial charge in [-0.05, 0) is 25.3 Å². The molecule has 0 bridgehead atoms. The van der Waals surface area contributed by atoms with E-state index in [-0.39, 0.29) is 0 Å². The number of nitrogens with zero attached hydrogens (tertiary/aromatic N) is 1. The molecule has 0 amide bonds. The number of Topliss-reactive ketones (excluding diaryl/α,β-unsaturated/α-hetero) is 1. The van der Waals surface area contributed by atoms with Gasteiger partial charge in [0.1, 0.15) is 5.78 Å². The van der Waals surface area contributed by atoms with Gasteiger partial charge in [-0.2, -0.15) is 0 Å². The highest BCUT2D eigenvalue weighted by Gasteiger charge is 2.24. The Kier molecular flexibility index (Phi) is 6.79. The lowest BCUT2D eigenvalue weighted by atomic mass is 9.87. The molecule has 0 saturated heterocycles. The smallest absolute Gasteiger partial charge is 0.137 e. The molecule has 1 aliphatic carbocycles. The van der Waals surface area contributed by atoms with Gasteiger partial charge in [0.2, 0.25) is 0 Å². The summed E-state index contributed by atoms with van der Waals surface area (Å²) in [5.74, 6) is 1.64. The van der Waals surface area contributed by atoms with Crippen molar-refractivity contribution in [2.45, 2.75) is 59.3 Å². The first-order valence-electron chi connectivity index (χ1n) is 7.46. The van der Waals surface area contributed by atoms with Crippen LogP contribution >= 0.6 is 0 Å². The zero-order valence-corrected chi connectivity index (χ0v) is 11.9. The Bertz CT molecular complexity index is 223. The third kappa shape index (κ3) is 4.79. The summed E-state index contributed by atoms with van der Waals surface area (Å²) in [5.41, 5.74) is 0. The standard InChI is InChI=1S/C15H29NO/c1-4-13(5-2)11-16(6-3)12-14-9-7-8-10-15(14)17/h13-14H,4-12H2,1-3H3. The molecule has 0 heterocycles. The molecular formula is C15H29NO. The van der Waals surface area contributed by atoms with E-state index in [1.54, 1.807) is 0 Å². The molecule has 0 aromatic carbocycles. The van der Waals surface area contributed by atoms with E-state index in [0.717, 1.165) is 38.3 Å². The maximum atomic E-state index is 11.8. The molecule has 1 saturated carbocycles. The van der Waals surface area contributed by atoms with Crippen molar-refractivity contribution in [3.63, 3.8) is 0 Å². The summed E-state index contributed by atoms with van der Waals surface area (Å²) in [6.45, 7) is 10.0. The Labute approximate surface area is 107 Å². The van der Waals surface area contributed by atoms with Gasteiger partial charge in [-0.15, -0.1) is 0 Å². The molecule has 0 aromatic rings. The van der Waals surface area contributed by atoms with Crippen LogP contribution in [0.3, 0.4) is 0 Å². The molecule has 1 unspecified atom stereocenters. The average molecular weight is 239 g/mol. The highest BCUT2D eigenvalue weighted by Crippen LogP contribution is 2.22. The maximum absolute atomic E-state index is 11.8. The molecule has 0 aromatic heterocycles. The van der Waals surface area contributed by atoms with Crippen LogP contribution in [-0.4, -0.2) is 30.3 Å². The van der Waals surface area contributed by atoms with Crippen LogP contribution < -0.4 is 0 Å². The van der Waals surface area contributed by atoms with Gasteiger partial charge in [-0.1, -0.05) is 40.0 Å². The monoisotopic (exact) mass is 239 g/mol. The Morgan fingerprint density at radius 2 is 1.94 bits per heavy atom. The zero-order chi connectivity index (χ0) is 12.7. The van der Waals surface area contributed by atoms with E-state index in [1.807, 2.05) is 0 Å². The topological polar surface area (TPSA) is 20.3 Å². The van der Waals surface area contributed by atoms with Crippen LogP contribution in [0.5, 0.6) is 0 Å². The number of rotatable bonds is 7. The second-order valence-corrected chi connectivity index (χ2v) is 5.44. The van der Waals surface area contributed by atoms with Crippen LogP contribution in [-0.2, 0) is 4.79 Å². The molecule has 0 N–H and O–H groups in total. The summed E-state index contributed by atoms with van der Waals surface area (Å²) >= 11 is 0. The van der Waals surface area contributed by atoms with Crippen LogP contribution in [0.4, 0.5) is 0 Å². The summed E-state index contributed by atoms with van der Waals surface area (Å²) < 4.78 is 0. The van der Waals surface area contributed by atoms with Gasteiger partial charge in [0, 0.05) is 25.4 Å². The number of hydrogen-bond acceptors (Lipinski definition) is 2. The highest BCUT2D eigenvalue weighted by atomic mass is 16.1. The Hall–Kier alpha value is -0.370. The van der Waals surface area contributed by atoms with Crippen molar-refractivity contribution >= 4 is 5.78 Å². The van der Waals surface area contributed by atoms with Crippen molar-refractivity contribution in [1.29, 1.82) is 0 Å². The fourth-order valence-electron chi connectivity index (χ4n) is 2.80. The second-order valence-electron chi connectivity index (χ2n) is 5.44. The fourth-order valence-corrected chi connectivity index (χ4v) is 2.80. The number of ketones is 1. The molecular weight excluding hydrogens is 210 g/mol. The van der Waals surface area contributed by atoms with Crippen molar-refractivity contribution in [3.8, 4) is 0 Å². The molecule has 2 nitrogen and oxygen atoms in total. The summed E-state index contributed by atoms with van der Waals surface area (Å²) in [6.07, 6.45) is 6.83. The number of carbonyl (C=O) groups is 1. The quantitative estimate of drug-likeness (QED) is 0.677. The molecule has 0 spiro atoms. The maximum Gasteiger partial charge on any atom is 0.137 e. The average Bonchev–Trinajstić information content (AvgIpc) is 2.36. The first kappa shape index (κ1) is 14.7. The molecule has 0 radical (unpaired) electrons. The van der Waals surface area contributed by atoms with Gasteiger partial charge in [-0.3, -0.25) is 4.79 Å². The van der Waals surface area contributed by atoms with E-state index in [2.05, 4.69) is 25.7 Å². The van der Waals surface area contributed by atoms with E-state index < -0.39 is 0 Å². The van der Waals surface area contributed by atoms with E-state index in [4.69, 9.17) is 0 Å². The zero-order valence-electron chi connectivity index (χ0n) is 11.9. The Morgan fingerprint density at radius 3 is 2.47 bits per heavy atom. The predicted molar refractivity (Wildman–Crippen MR) is 73.2 cm³/mol. The molecule has 1 rings (SSSR count). The van der Waals surface area contributed by atoms with Crippen molar-refractivity contribution < 1.29 is 4.79 Å². The lowest BCUT2D eigenvalue weighted by Gasteiger charge is -2.30. The molecule has 0 aliphatic heterocycles. The van der Waals surface area contributed by atoms with Crippen LogP contribution in [0.25, 0.3) is 0 Å². The van der Waals surface area contributed by atoms with Crippen LogP contribution in [0.2, 0.25) is 0 Å². The van der Waals surface area contributed by atoms with E-state index in [9.17, 15) is 4.79 Å². The lowest BCUT2D eigenvalue weighted by Crippen LogP contribution is -2.37. The van der Waals surface area contributed by atoms with E-state index in [0.29, 0.717) is 11.7 Å². The van der Waals surface area contributed by atoms with Gasteiger partial charge < -0.3 is 4.90 Å². The minimum absolute atomic E-state index is 0.332. The highest BCUT2D eigenvalue weighted by molar-refractivity contribution is 5.81. The van der Waals surface area contributed by atoms with Crippen LogP contribution in [0, 0.1) is 11.8 Å². The first-order valence-corrected chi connectivity index (χ1v) is 7.46. The predicted octanol–water partition coefficient (Wildman–Crippen LogP) is 3.50. The summed E-state index contributed by atoms with van der Waals surface area (Å²) in [5, 5.41) is 0. The van der Waals surface area contributed by atoms with Crippen molar-refractivity contribution in [2.75, 3.05) is 19.6 Å². The van der Waals surface area contributed by atoms with Crippen molar-refractivity contribution in [2.24, 2.45) is 11.8 Å². The largest absolute Gasteiger partial charge is 0.303 e. The van der Waals surface area contributed by atoms with Crippen LogP contribution in [0.15, 0.2) is 0 Å². The Morgan fingerprint density at radius 1 is 1.24 bits per heavy atom. The second kappa shape index (κ2) is 7.86. The van der Waals surface area contributed by atoms with Gasteiger partial charge in [0.25, 0.3) is 0 Å². The summed E-state index contributed by atoms with van der Waals surface area (Å²) in [4.78, 5) is 14.3. The van der Waals surface area contributed by atoms with Gasteiger partial charge in [0.05, 0.1) is 0 Å². The third-order valence-corrected chi connectivity index (χ3v) is 4.28. The van der Waals surface area contributed by atoms with Crippen molar-refractivity contribution in [3.05, 3.63) is 0 Å². The molecule has 1 aliphatic rings.